The van der Waals surface area contributed by atoms with Gasteiger partial charge < -0.3 is 15.0 Å². The predicted octanol–water partition coefficient (Wildman–Crippen LogP) is 2.52. The lowest BCUT2D eigenvalue weighted by molar-refractivity contribution is -0.117. The molecule has 1 N–H and O–H groups in total. The van der Waals surface area contributed by atoms with Gasteiger partial charge in [0.2, 0.25) is 15.9 Å². The SMILES string of the molecule is CCN(CC)S(=O)(=O)c1ccc(NC(=O)CN2CCN(CCc3ccc(OC)cc3)CC2)cc1. The fraction of sp³-hybridized carbons (Fsp3) is 0.480. The molecule has 0 spiro atoms. The van der Waals surface area contributed by atoms with Crippen molar-refractivity contribution in [1.29, 1.82) is 0 Å². The highest BCUT2D eigenvalue weighted by Crippen LogP contribution is 2.18. The van der Waals surface area contributed by atoms with E-state index in [0.717, 1.165) is 44.9 Å². The van der Waals surface area contributed by atoms with Crippen molar-refractivity contribution in [2.45, 2.75) is 25.2 Å². The van der Waals surface area contributed by atoms with Gasteiger partial charge in [-0.15, -0.1) is 0 Å². The van der Waals surface area contributed by atoms with Crippen LogP contribution in [0.25, 0.3) is 0 Å². The van der Waals surface area contributed by atoms with Crippen molar-refractivity contribution < 1.29 is 17.9 Å². The summed E-state index contributed by atoms with van der Waals surface area (Å²) in [5.74, 6) is 0.780. The van der Waals surface area contributed by atoms with Gasteiger partial charge in [-0.1, -0.05) is 26.0 Å². The molecule has 1 fully saturated rings. The molecule has 0 saturated carbocycles. The molecule has 9 heteroatoms. The van der Waals surface area contributed by atoms with Gasteiger partial charge in [0.15, 0.2) is 0 Å². The molecule has 0 bridgehead atoms. The van der Waals surface area contributed by atoms with Crippen molar-refractivity contribution in [2.24, 2.45) is 0 Å². The Morgan fingerprint density at radius 2 is 1.53 bits per heavy atom. The summed E-state index contributed by atoms with van der Waals surface area (Å²) >= 11 is 0. The van der Waals surface area contributed by atoms with Crippen LogP contribution >= 0.6 is 0 Å². The Hall–Kier alpha value is -2.46. The number of carbonyl (C=O) groups excluding carboxylic acids is 1. The van der Waals surface area contributed by atoms with E-state index in [-0.39, 0.29) is 10.8 Å². The molecule has 0 radical (unpaired) electrons. The van der Waals surface area contributed by atoms with Gasteiger partial charge in [-0.25, -0.2) is 8.42 Å². The van der Waals surface area contributed by atoms with E-state index in [2.05, 4.69) is 27.2 Å². The molecule has 1 amide bonds. The summed E-state index contributed by atoms with van der Waals surface area (Å²) in [4.78, 5) is 17.3. The van der Waals surface area contributed by atoms with Gasteiger partial charge in [0, 0.05) is 51.5 Å². The van der Waals surface area contributed by atoms with Crippen LogP contribution in [-0.4, -0.2) is 87.9 Å². The number of hydrogen-bond acceptors (Lipinski definition) is 6. The summed E-state index contributed by atoms with van der Waals surface area (Å²) in [6.45, 7) is 9.35. The van der Waals surface area contributed by atoms with Crippen LogP contribution in [0.5, 0.6) is 5.75 Å². The molecule has 0 aromatic heterocycles. The Labute approximate surface area is 203 Å². The first kappa shape index (κ1) is 26.2. The van der Waals surface area contributed by atoms with E-state index in [4.69, 9.17) is 4.74 Å². The van der Waals surface area contributed by atoms with Gasteiger partial charge in [0.25, 0.3) is 0 Å². The van der Waals surface area contributed by atoms with Crippen LogP contribution in [0.3, 0.4) is 0 Å². The van der Waals surface area contributed by atoms with Gasteiger partial charge in [0.05, 0.1) is 18.6 Å². The average molecular weight is 489 g/mol. The minimum Gasteiger partial charge on any atom is -0.497 e. The van der Waals surface area contributed by atoms with Crippen molar-refractivity contribution in [2.75, 3.05) is 64.8 Å². The zero-order valence-electron chi connectivity index (χ0n) is 20.4. The predicted molar refractivity (Wildman–Crippen MR) is 135 cm³/mol. The number of piperazine rings is 1. The minimum absolute atomic E-state index is 0.0916. The molecule has 0 unspecified atom stereocenters. The molecule has 3 rings (SSSR count). The van der Waals surface area contributed by atoms with Crippen LogP contribution in [0.15, 0.2) is 53.4 Å². The van der Waals surface area contributed by atoms with Gasteiger partial charge in [0.1, 0.15) is 5.75 Å². The third kappa shape index (κ3) is 7.02. The van der Waals surface area contributed by atoms with Crippen LogP contribution in [0.4, 0.5) is 5.69 Å². The number of amides is 1. The maximum Gasteiger partial charge on any atom is 0.243 e. The maximum absolute atomic E-state index is 12.6. The lowest BCUT2D eigenvalue weighted by atomic mass is 10.1. The molecular formula is C25H36N4O4S. The number of hydrogen-bond donors (Lipinski definition) is 1. The number of carbonyl (C=O) groups is 1. The van der Waals surface area contributed by atoms with Crippen LogP contribution in [0, 0.1) is 0 Å². The van der Waals surface area contributed by atoms with E-state index in [1.54, 1.807) is 31.4 Å². The first-order valence-electron chi connectivity index (χ1n) is 11.8. The van der Waals surface area contributed by atoms with Crippen LogP contribution in [-0.2, 0) is 21.2 Å². The molecule has 1 heterocycles. The quantitative estimate of drug-likeness (QED) is 0.524. The van der Waals surface area contributed by atoms with Crippen molar-refractivity contribution in [3.05, 3.63) is 54.1 Å². The van der Waals surface area contributed by atoms with Crippen LogP contribution in [0.2, 0.25) is 0 Å². The van der Waals surface area contributed by atoms with Crippen molar-refractivity contribution in [3.63, 3.8) is 0 Å². The smallest absolute Gasteiger partial charge is 0.243 e. The molecule has 2 aromatic rings. The number of ether oxygens (including phenoxy) is 1. The van der Waals surface area contributed by atoms with E-state index in [0.29, 0.717) is 25.3 Å². The van der Waals surface area contributed by atoms with Crippen LogP contribution < -0.4 is 10.1 Å². The molecule has 0 atom stereocenters. The third-order valence-corrected chi connectivity index (χ3v) is 8.25. The first-order chi connectivity index (χ1) is 16.3. The first-order valence-corrected chi connectivity index (χ1v) is 13.3. The highest BCUT2D eigenvalue weighted by Gasteiger charge is 2.22. The molecule has 8 nitrogen and oxygen atoms in total. The zero-order chi connectivity index (χ0) is 24.6. The monoisotopic (exact) mass is 488 g/mol. The maximum atomic E-state index is 12.6. The van der Waals surface area contributed by atoms with E-state index in [9.17, 15) is 13.2 Å². The number of nitrogens with zero attached hydrogens (tertiary/aromatic N) is 3. The fourth-order valence-corrected chi connectivity index (χ4v) is 5.53. The molecular weight excluding hydrogens is 452 g/mol. The Morgan fingerprint density at radius 1 is 0.941 bits per heavy atom. The summed E-state index contributed by atoms with van der Waals surface area (Å²) in [6, 6.07) is 14.6. The summed E-state index contributed by atoms with van der Waals surface area (Å²) in [5.41, 5.74) is 1.89. The topological polar surface area (TPSA) is 82.2 Å². The fourth-order valence-electron chi connectivity index (χ4n) is 4.08. The molecule has 1 saturated heterocycles. The van der Waals surface area contributed by atoms with Gasteiger partial charge in [-0.05, 0) is 48.4 Å². The minimum atomic E-state index is -3.50. The van der Waals surface area contributed by atoms with E-state index >= 15 is 0 Å². The molecule has 1 aliphatic heterocycles. The largest absolute Gasteiger partial charge is 0.497 e. The van der Waals surface area contributed by atoms with E-state index < -0.39 is 10.0 Å². The average Bonchev–Trinajstić information content (AvgIpc) is 2.85. The molecule has 34 heavy (non-hydrogen) atoms. The lowest BCUT2D eigenvalue weighted by Crippen LogP contribution is -2.49. The summed E-state index contributed by atoms with van der Waals surface area (Å²) in [6.07, 6.45) is 0.991. The molecule has 186 valence electrons. The standard InChI is InChI=1S/C25H36N4O4S/c1-4-29(5-2)34(31,32)24-12-8-22(9-13-24)26-25(30)20-28-18-16-27(17-19-28)15-14-21-6-10-23(33-3)11-7-21/h6-13H,4-5,14-20H2,1-3H3,(H,26,30). The highest BCUT2D eigenvalue weighted by molar-refractivity contribution is 7.89. The number of rotatable bonds is 11. The number of sulfonamides is 1. The van der Waals surface area contributed by atoms with E-state index in [1.807, 2.05) is 26.0 Å². The van der Waals surface area contributed by atoms with Crippen molar-refractivity contribution in [3.8, 4) is 5.75 Å². The zero-order valence-corrected chi connectivity index (χ0v) is 21.2. The Morgan fingerprint density at radius 3 is 2.09 bits per heavy atom. The lowest BCUT2D eigenvalue weighted by Gasteiger charge is -2.34. The second kappa shape index (κ2) is 12.3. The number of benzene rings is 2. The second-order valence-electron chi connectivity index (χ2n) is 8.38. The van der Waals surface area contributed by atoms with E-state index in [1.165, 1.54) is 9.87 Å². The van der Waals surface area contributed by atoms with Gasteiger partial charge in [-0.2, -0.15) is 4.31 Å². The number of anilines is 1. The van der Waals surface area contributed by atoms with Gasteiger partial charge >= 0.3 is 0 Å². The van der Waals surface area contributed by atoms with Crippen molar-refractivity contribution >= 4 is 21.6 Å². The highest BCUT2D eigenvalue weighted by atomic mass is 32.2. The normalized spacial score (nSPS) is 15.4. The van der Waals surface area contributed by atoms with Crippen molar-refractivity contribution in [1.82, 2.24) is 14.1 Å². The third-order valence-electron chi connectivity index (χ3n) is 6.19. The summed E-state index contributed by atoms with van der Waals surface area (Å²) < 4.78 is 31.8. The molecule has 0 aliphatic carbocycles. The summed E-state index contributed by atoms with van der Waals surface area (Å²) in [7, 11) is -1.83. The second-order valence-corrected chi connectivity index (χ2v) is 10.3. The van der Waals surface area contributed by atoms with Gasteiger partial charge in [-0.3, -0.25) is 9.69 Å². The Bertz CT molecular complexity index is 1010. The summed E-state index contributed by atoms with van der Waals surface area (Å²) in [5, 5.41) is 2.88. The van der Waals surface area contributed by atoms with Crippen LogP contribution in [0.1, 0.15) is 19.4 Å². The number of methoxy groups -OCH3 is 1. The Kier molecular flexibility index (Phi) is 9.46. The number of nitrogens with one attached hydrogen (secondary N) is 1. The Balaban J connectivity index is 1.42. The molecule has 2 aromatic carbocycles. The molecule has 1 aliphatic rings.